The molecule has 0 saturated heterocycles. The average molecular weight is 456 g/mol. The van der Waals surface area contributed by atoms with Crippen LogP contribution in [0.15, 0.2) is 73.1 Å². The molecule has 0 radical (unpaired) electrons. The normalized spacial score (nSPS) is 11.5. The van der Waals surface area contributed by atoms with Crippen LogP contribution in [0.2, 0.25) is 5.02 Å². The Kier molecular flexibility index (Phi) is 8.16. The van der Waals surface area contributed by atoms with Gasteiger partial charge in [-0.15, -0.1) is 0 Å². The molecule has 1 atom stereocenters. The number of carbonyl (C=O) groups excluding carboxylic acids is 2. The van der Waals surface area contributed by atoms with Crippen LogP contribution in [-0.2, 0) is 22.7 Å². The molecule has 32 heavy (non-hydrogen) atoms. The van der Waals surface area contributed by atoms with Crippen molar-refractivity contribution in [3.05, 3.63) is 95.0 Å². The monoisotopic (exact) mass is 455 g/mol. The van der Waals surface area contributed by atoms with Crippen LogP contribution in [0.25, 0.3) is 0 Å². The number of amides is 2. The van der Waals surface area contributed by atoms with Crippen LogP contribution in [0.1, 0.15) is 18.1 Å². The maximum absolute atomic E-state index is 13.3. The van der Waals surface area contributed by atoms with Gasteiger partial charge in [-0.25, -0.2) is 4.39 Å². The number of rotatable bonds is 9. The number of nitrogens with one attached hydrogen (secondary N) is 1. The molecule has 1 aromatic heterocycles. The van der Waals surface area contributed by atoms with Gasteiger partial charge in [0.1, 0.15) is 17.6 Å². The SMILES string of the molecule is C[C@H](C(=O)NCc1ccncc1)N(Cc1ccc(F)cc1)C(=O)COc1ccccc1Cl. The standard InChI is InChI=1S/C24H23ClFN3O3/c1-17(24(31)28-14-18-10-12-27-13-11-18)29(15-19-6-8-20(26)9-7-19)23(30)16-32-22-5-3-2-4-21(22)25/h2-13,17H,14-16H2,1H3,(H,28,31)/t17-/m1/s1. The lowest BCUT2D eigenvalue weighted by atomic mass is 10.1. The van der Waals surface area contributed by atoms with Crippen molar-refractivity contribution in [2.45, 2.75) is 26.1 Å². The number of carbonyl (C=O) groups is 2. The van der Waals surface area contributed by atoms with Crippen molar-refractivity contribution in [2.75, 3.05) is 6.61 Å². The summed E-state index contributed by atoms with van der Waals surface area (Å²) >= 11 is 6.09. The molecule has 8 heteroatoms. The largest absolute Gasteiger partial charge is 0.482 e. The Balaban J connectivity index is 1.71. The lowest BCUT2D eigenvalue weighted by Gasteiger charge is -2.29. The Labute approximate surface area is 191 Å². The zero-order chi connectivity index (χ0) is 22.9. The van der Waals surface area contributed by atoms with Gasteiger partial charge < -0.3 is 15.0 Å². The van der Waals surface area contributed by atoms with Crippen LogP contribution in [0, 0.1) is 5.82 Å². The molecule has 2 amide bonds. The number of hydrogen-bond donors (Lipinski definition) is 1. The highest BCUT2D eigenvalue weighted by molar-refractivity contribution is 6.32. The topological polar surface area (TPSA) is 71.5 Å². The summed E-state index contributed by atoms with van der Waals surface area (Å²) in [7, 11) is 0. The third-order valence-electron chi connectivity index (χ3n) is 4.84. The maximum atomic E-state index is 13.3. The van der Waals surface area contributed by atoms with Crippen LogP contribution >= 0.6 is 11.6 Å². The molecule has 0 fully saturated rings. The Morgan fingerprint density at radius 2 is 1.75 bits per heavy atom. The first-order chi connectivity index (χ1) is 15.4. The van der Waals surface area contributed by atoms with Gasteiger partial charge in [0, 0.05) is 25.5 Å². The van der Waals surface area contributed by atoms with Crippen LogP contribution in [0.3, 0.4) is 0 Å². The van der Waals surface area contributed by atoms with E-state index in [1.165, 1.54) is 17.0 Å². The van der Waals surface area contributed by atoms with Gasteiger partial charge in [0.05, 0.1) is 5.02 Å². The predicted molar refractivity (Wildman–Crippen MR) is 119 cm³/mol. The highest BCUT2D eigenvalue weighted by atomic mass is 35.5. The molecule has 6 nitrogen and oxygen atoms in total. The summed E-state index contributed by atoms with van der Waals surface area (Å²) in [6.45, 7) is 1.76. The van der Waals surface area contributed by atoms with Gasteiger partial charge in [-0.05, 0) is 54.4 Å². The molecule has 0 unspecified atom stereocenters. The van der Waals surface area contributed by atoms with E-state index >= 15 is 0 Å². The fraction of sp³-hybridized carbons (Fsp3) is 0.208. The van der Waals surface area contributed by atoms with Gasteiger partial charge in [-0.1, -0.05) is 35.9 Å². The smallest absolute Gasteiger partial charge is 0.261 e. The van der Waals surface area contributed by atoms with E-state index in [-0.39, 0.29) is 24.9 Å². The van der Waals surface area contributed by atoms with Crippen molar-refractivity contribution >= 4 is 23.4 Å². The molecule has 0 saturated carbocycles. The first-order valence-corrected chi connectivity index (χ1v) is 10.4. The van der Waals surface area contributed by atoms with E-state index in [0.29, 0.717) is 22.9 Å². The number of hydrogen-bond acceptors (Lipinski definition) is 4. The lowest BCUT2D eigenvalue weighted by Crippen LogP contribution is -2.48. The number of ether oxygens (including phenoxy) is 1. The molecule has 3 rings (SSSR count). The van der Waals surface area contributed by atoms with Crippen molar-refractivity contribution in [3.63, 3.8) is 0 Å². The molecule has 0 aliphatic rings. The Hall–Kier alpha value is -3.45. The van der Waals surface area contributed by atoms with Crippen molar-refractivity contribution in [1.82, 2.24) is 15.2 Å². The molecule has 3 aromatic rings. The minimum Gasteiger partial charge on any atom is -0.482 e. The van der Waals surface area contributed by atoms with Crippen LogP contribution in [-0.4, -0.2) is 34.3 Å². The van der Waals surface area contributed by atoms with Crippen molar-refractivity contribution < 1.29 is 18.7 Å². The van der Waals surface area contributed by atoms with E-state index in [1.807, 2.05) is 0 Å². The van der Waals surface area contributed by atoms with E-state index < -0.39 is 11.9 Å². The highest BCUT2D eigenvalue weighted by Crippen LogP contribution is 2.23. The van der Waals surface area contributed by atoms with Gasteiger partial charge in [0.25, 0.3) is 5.91 Å². The number of pyridine rings is 1. The summed E-state index contributed by atoms with van der Waals surface area (Å²) < 4.78 is 18.9. The summed E-state index contributed by atoms with van der Waals surface area (Å²) in [5, 5.41) is 3.21. The van der Waals surface area contributed by atoms with Gasteiger partial charge >= 0.3 is 0 Å². The highest BCUT2D eigenvalue weighted by Gasteiger charge is 2.26. The van der Waals surface area contributed by atoms with Gasteiger partial charge in [0.2, 0.25) is 5.91 Å². The maximum Gasteiger partial charge on any atom is 0.261 e. The fourth-order valence-electron chi connectivity index (χ4n) is 2.99. The molecule has 0 bridgehead atoms. The molecule has 1 heterocycles. The molecular weight excluding hydrogens is 433 g/mol. The molecule has 1 N–H and O–H groups in total. The zero-order valence-corrected chi connectivity index (χ0v) is 18.3. The molecular formula is C24H23ClFN3O3. The predicted octanol–water partition coefficient (Wildman–Crippen LogP) is 3.99. The molecule has 0 aliphatic heterocycles. The van der Waals surface area contributed by atoms with E-state index in [1.54, 1.807) is 67.8 Å². The second-order valence-corrected chi connectivity index (χ2v) is 7.52. The van der Waals surface area contributed by atoms with Crippen molar-refractivity contribution in [3.8, 4) is 5.75 Å². The Bertz CT molecular complexity index is 1050. The van der Waals surface area contributed by atoms with Crippen LogP contribution in [0.4, 0.5) is 4.39 Å². The molecule has 0 aliphatic carbocycles. The number of halogens is 2. The summed E-state index contributed by atoms with van der Waals surface area (Å²) in [5.74, 6) is -0.730. The molecule has 166 valence electrons. The minimum atomic E-state index is -0.788. The second kappa shape index (κ2) is 11.2. The third-order valence-corrected chi connectivity index (χ3v) is 5.15. The average Bonchev–Trinajstić information content (AvgIpc) is 2.81. The van der Waals surface area contributed by atoms with Gasteiger partial charge in [-0.2, -0.15) is 0 Å². The first kappa shape index (κ1) is 23.2. The first-order valence-electron chi connectivity index (χ1n) is 10.0. The van der Waals surface area contributed by atoms with Gasteiger partial charge in [-0.3, -0.25) is 14.6 Å². The molecule has 0 spiro atoms. The lowest BCUT2D eigenvalue weighted by molar-refractivity contribution is -0.142. The number of para-hydroxylation sites is 1. The number of benzene rings is 2. The third kappa shape index (κ3) is 6.52. The number of aromatic nitrogens is 1. The van der Waals surface area contributed by atoms with E-state index in [4.69, 9.17) is 16.3 Å². The van der Waals surface area contributed by atoms with Gasteiger partial charge in [0.15, 0.2) is 6.61 Å². The van der Waals surface area contributed by atoms with E-state index in [9.17, 15) is 14.0 Å². The molecule has 2 aromatic carbocycles. The second-order valence-electron chi connectivity index (χ2n) is 7.12. The van der Waals surface area contributed by atoms with Crippen molar-refractivity contribution in [1.29, 1.82) is 0 Å². The zero-order valence-electron chi connectivity index (χ0n) is 17.5. The van der Waals surface area contributed by atoms with Crippen LogP contribution in [0.5, 0.6) is 5.75 Å². The van der Waals surface area contributed by atoms with Crippen molar-refractivity contribution in [2.24, 2.45) is 0 Å². The van der Waals surface area contributed by atoms with E-state index in [0.717, 1.165) is 5.56 Å². The van der Waals surface area contributed by atoms with E-state index in [2.05, 4.69) is 10.3 Å². The van der Waals surface area contributed by atoms with Crippen LogP contribution < -0.4 is 10.1 Å². The fourth-order valence-corrected chi connectivity index (χ4v) is 3.18. The summed E-state index contributed by atoms with van der Waals surface area (Å²) in [6.07, 6.45) is 3.28. The summed E-state index contributed by atoms with van der Waals surface area (Å²) in [5.41, 5.74) is 1.57. The number of nitrogens with zero attached hydrogens (tertiary/aromatic N) is 2. The summed E-state index contributed by atoms with van der Waals surface area (Å²) in [6, 6.07) is 15.4. The Morgan fingerprint density at radius 1 is 1.06 bits per heavy atom. The summed E-state index contributed by atoms with van der Waals surface area (Å²) in [4.78, 5) is 31.2. The quantitative estimate of drug-likeness (QED) is 0.529. The minimum absolute atomic E-state index is 0.120. The Morgan fingerprint density at radius 3 is 2.44 bits per heavy atom.